The van der Waals surface area contributed by atoms with Crippen molar-refractivity contribution in [1.82, 2.24) is 20.4 Å². The van der Waals surface area contributed by atoms with Gasteiger partial charge in [-0.15, -0.1) is 4.99 Å². The Balaban J connectivity index is 1.76. The summed E-state index contributed by atoms with van der Waals surface area (Å²) in [5, 5.41) is 6.90. The van der Waals surface area contributed by atoms with E-state index in [9.17, 15) is 9.59 Å². The summed E-state index contributed by atoms with van der Waals surface area (Å²) in [6, 6.07) is 5.92. The number of benzene rings is 1. The topological polar surface area (TPSA) is 119 Å². The van der Waals surface area contributed by atoms with Gasteiger partial charge in [-0.2, -0.15) is 4.98 Å². The fourth-order valence-corrected chi connectivity index (χ4v) is 4.91. The standard InChI is InChI=1S/C32H49N5O5/c1-9-10-11-12-13-14-16-23-18-19-24(21-22(23)2)26-33-27(42-36-26)25-17-15-20-37(25)28(34-29(38)40-31(3,4)5)35-30(39)41-32(6,7)8/h18-19,21,25H,9-17,20H2,1-8H3,(H,34,35,38,39)/t25-/m0/s1. The molecule has 1 aromatic carbocycles. The number of rotatable bonds is 9. The van der Waals surface area contributed by atoms with E-state index in [2.05, 4.69) is 41.4 Å². The molecule has 2 amide bonds. The first-order valence-electron chi connectivity index (χ1n) is 15.3. The highest BCUT2D eigenvalue weighted by atomic mass is 16.6. The normalized spacial score (nSPS) is 16.0. The van der Waals surface area contributed by atoms with Crippen molar-refractivity contribution in [3.05, 3.63) is 35.2 Å². The van der Waals surface area contributed by atoms with Gasteiger partial charge in [0, 0.05) is 12.1 Å². The molecule has 42 heavy (non-hydrogen) atoms. The van der Waals surface area contributed by atoms with Crippen LogP contribution in [0.5, 0.6) is 0 Å². The Morgan fingerprint density at radius 3 is 2.40 bits per heavy atom. The van der Waals surface area contributed by atoms with Crippen LogP contribution in [0.2, 0.25) is 0 Å². The first-order chi connectivity index (χ1) is 19.8. The van der Waals surface area contributed by atoms with E-state index in [0.717, 1.165) is 18.4 Å². The molecule has 1 aliphatic rings. The van der Waals surface area contributed by atoms with E-state index in [0.29, 0.717) is 24.7 Å². The van der Waals surface area contributed by atoms with Gasteiger partial charge in [-0.3, -0.25) is 5.32 Å². The Bertz CT molecular complexity index is 1220. The van der Waals surface area contributed by atoms with Gasteiger partial charge in [0.05, 0.1) is 0 Å². The monoisotopic (exact) mass is 583 g/mol. The SMILES string of the molecule is CCCCCCCCc1ccc(-c2noc([C@@H]3CCCN3C(=NC(=O)OC(C)(C)C)NC(=O)OC(C)(C)C)n2)cc1C. The number of carbonyl (C=O) groups excluding carboxylic acids is 2. The minimum absolute atomic E-state index is 0.0237. The van der Waals surface area contributed by atoms with Crippen molar-refractivity contribution in [3.8, 4) is 11.4 Å². The lowest BCUT2D eigenvalue weighted by atomic mass is 9.99. The van der Waals surface area contributed by atoms with Crippen LogP contribution in [0.15, 0.2) is 27.7 Å². The second kappa shape index (κ2) is 14.6. The molecule has 1 atom stereocenters. The maximum atomic E-state index is 12.7. The average molecular weight is 584 g/mol. The van der Waals surface area contributed by atoms with Gasteiger partial charge >= 0.3 is 12.2 Å². The average Bonchev–Trinajstić information content (AvgIpc) is 3.54. The minimum atomic E-state index is -0.818. The van der Waals surface area contributed by atoms with E-state index in [4.69, 9.17) is 19.0 Å². The number of hydrogen-bond acceptors (Lipinski definition) is 7. The molecular weight excluding hydrogens is 534 g/mol. The predicted octanol–water partition coefficient (Wildman–Crippen LogP) is 7.90. The third-order valence-corrected chi connectivity index (χ3v) is 6.86. The highest BCUT2D eigenvalue weighted by Gasteiger charge is 2.35. The minimum Gasteiger partial charge on any atom is -0.444 e. The molecule has 1 aromatic heterocycles. The lowest BCUT2D eigenvalue weighted by molar-refractivity contribution is 0.0553. The van der Waals surface area contributed by atoms with Crippen LogP contribution in [0, 0.1) is 6.92 Å². The number of alkyl carbamates (subject to hydrolysis) is 1. The molecule has 0 bridgehead atoms. The van der Waals surface area contributed by atoms with Crippen LogP contribution in [0.4, 0.5) is 9.59 Å². The van der Waals surface area contributed by atoms with Crippen molar-refractivity contribution in [2.24, 2.45) is 4.99 Å². The van der Waals surface area contributed by atoms with Gasteiger partial charge in [0.1, 0.15) is 17.2 Å². The van der Waals surface area contributed by atoms with Crippen LogP contribution in [0.25, 0.3) is 11.4 Å². The van der Waals surface area contributed by atoms with E-state index < -0.39 is 23.4 Å². The predicted molar refractivity (Wildman–Crippen MR) is 163 cm³/mol. The van der Waals surface area contributed by atoms with Crippen LogP contribution >= 0.6 is 0 Å². The van der Waals surface area contributed by atoms with Crippen LogP contribution < -0.4 is 5.32 Å². The van der Waals surface area contributed by atoms with Crippen LogP contribution in [-0.4, -0.2) is 50.9 Å². The Labute approximate surface area is 250 Å². The van der Waals surface area contributed by atoms with E-state index >= 15 is 0 Å². The third kappa shape index (κ3) is 10.4. The molecule has 0 aliphatic carbocycles. The number of amides is 2. The van der Waals surface area contributed by atoms with Crippen molar-refractivity contribution in [1.29, 1.82) is 0 Å². The van der Waals surface area contributed by atoms with E-state index in [1.54, 1.807) is 46.4 Å². The number of carbonyl (C=O) groups is 2. The molecule has 0 spiro atoms. The zero-order valence-corrected chi connectivity index (χ0v) is 26.7. The molecule has 1 N–H and O–H groups in total. The molecule has 0 unspecified atom stereocenters. The molecule has 0 saturated carbocycles. The van der Waals surface area contributed by atoms with Gasteiger partial charge < -0.3 is 18.9 Å². The number of guanidine groups is 1. The van der Waals surface area contributed by atoms with Crippen molar-refractivity contribution < 1.29 is 23.6 Å². The number of nitrogens with zero attached hydrogens (tertiary/aromatic N) is 4. The summed E-state index contributed by atoms with van der Waals surface area (Å²) < 4.78 is 16.5. The molecule has 1 fully saturated rings. The zero-order valence-electron chi connectivity index (χ0n) is 26.7. The summed E-state index contributed by atoms with van der Waals surface area (Å²) in [7, 11) is 0. The quantitative estimate of drug-likeness (QED) is 0.180. The van der Waals surface area contributed by atoms with Gasteiger partial charge in [0.25, 0.3) is 0 Å². The van der Waals surface area contributed by atoms with Gasteiger partial charge in [0.2, 0.25) is 17.7 Å². The summed E-state index contributed by atoms with van der Waals surface area (Å²) in [4.78, 5) is 35.9. The second-order valence-corrected chi connectivity index (χ2v) is 13.0. The van der Waals surface area contributed by atoms with E-state index in [1.165, 1.54) is 49.7 Å². The maximum absolute atomic E-state index is 12.7. The largest absolute Gasteiger partial charge is 0.444 e. The number of nitrogens with one attached hydrogen (secondary N) is 1. The number of aryl methyl sites for hydroxylation is 2. The summed E-state index contributed by atoms with van der Waals surface area (Å²) in [6.45, 7) is 15.4. The lowest BCUT2D eigenvalue weighted by Gasteiger charge is -2.27. The van der Waals surface area contributed by atoms with Crippen molar-refractivity contribution in [2.75, 3.05) is 6.54 Å². The fourth-order valence-electron chi connectivity index (χ4n) is 4.91. The molecule has 0 radical (unpaired) electrons. The van der Waals surface area contributed by atoms with Crippen LogP contribution in [0.3, 0.4) is 0 Å². The molecule has 1 saturated heterocycles. The van der Waals surface area contributed by atoms with Gasteiger partial charge in [0.15, 0.2) is 0 Å². The smallest absolute Gasteiger partial charge is 0.437 e. The Kier molecular flexibility index (Phi) is 11.5. The Hall–Kier alpha value is -3.43. The van der Waals surface area contributed by atoms with Crippen molar-refractivity contribution >= 4 is 18.1 Å². The van der Waals surface area contributed by atoms with E-state index in [-0.39, 0.29) is 12.0 Å². The zero-order chi connectivity index (χ0) is 30.9. The molecule has 2 heterocycles. The number of ether oxygens (including phenoxy) is 2. The van der Waals surface area contributed by atoms with Gasteiger partial charge in [-0.05, 0) is 91.3 Å². The third-order valence-electron chi connectivity index (χ3n) is 6.86. The van der Waals surface area contributed by atoms with Crippen LogP contribution in [-0.2, 0) is 15.9 Å². The van der Waals surface area contributed by atoms with Gasteiger partial charge in [-0.1, -0.05) is 56.3 Å². The number of unbranched alkanes of at least 4 members (excludes halogenated alkanes) is 5. The lowest BCUT2D eigenvalue weighted by Crippen LogP contribution is -2.46. The summed E-state index contributed by atoms with van der Waals surface area (Å²) in [6.07, 6.45) is 8.63. The second-order valence-electron chi connectivity index (χ2n) is 13.0. The first-order valence-corrected chi connectivity index (χ1v) is 15.3. The van der Waals surface area contributed by atoms with Gasteiger partial charge in [-0.25, -0.2) is 9.59 Å². The molecule has 2 aromatic rings. The maximum Gasteiger partial charge on any atom is 0.437 e. The molecule has 10 heteroatoms. The van der Waals surface area contributed by atoms with Crippen LogP contribution in [0.1, 0.15) is 123 Å². The summed E-state index contributed by atoms with van der Waals surface area (Å²) in [5.74, 6) is 0.909. The molecule has 1 aliphatic heterocycles. The summed E-state index contributed by atoms with van der Waals surface area (Å²) >= 11 is 0. The Morgan fingerprint density at radius 2 is 1.74 bits per heavy atom. The molecule has 10 nitrogen and oxygen atoms in total. The first kappa shape index (κ1) is 33.1. The highest BCUT2D eigenvalue weighted by molar-refractivity contribution is 5.99. The number of aliphatic imine (C=N–C) groups is 1. The summed E-state index contributed by atoms with van der Waals surface area (Å²) in [5.41, 5.74) is 1.97. The van der Waals surface area contributed by atoms with Crippen molar-refractivity contribution in [3.63, 3.8) is 0 Å². The van der Waals surface area contributed by atoms with Crippen molar-refractivity contribution in [2.45, 2.75) is 130 Å². The molecular formula is C32H49N5O5. The number of hydrogen-bond donors (Lipinski definition) is 1. The van der Waals surface area contributed by atoms with E-state index in [1.807, 2.05) is 6.07 Å². The molecule has 3 rings (SSSR count). The Morgan fingerprint density at radius 1 is 1.05 bits per heavy atom. The number of likely N-dealkylation sites (tertiary alicyclic amines) is 1. The highest BCUT2D eigenvalue weighted by Crippen LogP contribution is 2.33. The molecule has 232 valence electrons. The number of aromatic nitrogens is 2. The fraction of sp³-hybridized carbons (Fsp3) is 0.656.